The van der Waals surface area contributed by atoms with Gasteiger partial charge in [-0.05, 0) is 12.1 Å². The zero-order chi connectivity index (χ0) is 10.7. The molecule has 0 saturated carbocycles. The molecule has 5 heteroatoms. The average molecular weight is 204 g/mol. The Labute approximate surface area is 87.5 Å². The lowest BCUT2D eigenvalue weighted by Gasteiger charge is -2.03. The normalized spacial score (nSPS) is 10.3. The molecular weight excluding hydrogens is 192 g/mol. The molecule has 0 aliphatic heterocycles. The van der Waals surface area contributed by atoms with E-state index < -0.39 is 0 Å². The summed E-state index contributed by atoms with van der Waals surface area (Å²) in [6.45, 7) is 0.344. The van der Waals surface area contributed by atoms with Gasteiger partial charge in [0.1, 0.15) is 12.1 Å². The highest BCUT2D eigenvalue weighted by Gasteiger charge is 2.01. The number of ether oxygens (including phenoxy) is 1. The maximum atomic E-state index is 5.43. The quantitative estimate of drug-likeness (QED) is 0.800. The largest absolute Gasteiger partial charge is 0.497 e. The fraction of sp³-hybridized carbons (Fsp3) is 0.200. The second-order valence-electron chi connectivity index (χ2n) is 3.01. The number of aromatic nitrogens is 3. The summed E-state index contributed by atoms with van der Waals surface area (Å²) in [5, 5.41) is 4.20. The first kappa shape index (κ1) is 9.67. The molecule has 0 aliphatic carbocycles. The maximum Gasteiger partial charge on any atom is 0.164 e. The Hall–Kier alpha value is -1.88. The van der Waals surface area contributed by atoms with Gasteiger partial charge in [0.15, 0.2) is 5.82 Å². The van der Waals surface area contributed by atoms with Gasteiger partial charge in [0.2, 0.25) is 0 Å². The molecular formula is C10H12N4O. The van der Waals surface area contributed by atoms with Crippen molar-refractivity contribution < 1.29 is 4.74 Å². The summed E-state index contributed by atoms with van der Waals surface area (Å²) in [4.78, 5) is 4.05. The van der Waals surface area contributed by atoms with E-state index >= 15 is 0 Å². The van der Waals surface area contributed by atoms with Gasteiger partial charge >= 0.3 is 0 Å². The molecule has 2 N–H and O–H groups in total. The lowest BCUT2D eigenvalue weighted by Crippen LogP contribution is -2.01. The second-order valence-corrected chi connectivity index (χ2v) is 3.01. The standard InChI is InChI=1S/C10H12N4O/c1-15-9-4-2-3-8(5-9)14-7-12-10(6-11)13-14/h2-5,7H,6,11H2,1H3. The van der Waals surface area contributed by atoms with Crippen molar-refractivity contribution in [2.24, 2.45) is 5.73 Å². The van der Waals surface area contributed by atoms with Gasteiger partial charge in [0, 0.05) is 6.07 Å². The van der Waals surface area contributed by atoms with Gasteiger partial charge in [-0.15, -0.1) is 5.10 Å². The number of nitrogens with two attached hydrogens (primary N) is 1. The van der Waals surface area contributed by atoms with Gasteiger partial charge in [-0.3, -0.25) is 0 Å². The van der Waals surface area contributed by atoms with E-state index in [2.05, 4.69) is 10.1 Å². The van der Waals surface area contributed by atoms with Crippen LogP contribution in [-0.2, 0) is 6.54 Å². The highest BCUT2D eigenvalue weighted by Crippen LogP contribution is 2.15. The highest BCUT2D eigenvalue weighted by molar-refractivity contribution is 5.38. The second kappa shape index (κ2) is 4.10. The Bertz CT molecular complexity index is 452. The molecule has 1 heterocycles. The minimum Gasteiger partial charge on any atom is -0.497 e. The summed E-state index contributed by atoms with van der Waals surface area (Å²) in [6.07, 6.45) is 1.64. The molecule has 0 fully saturated rings. The van der Waals surface area contributed by atoms with Gasteiger partial charge in [-0.1, -0.05) is 6.07 Å². The molecule has 78 valence electrons. The molecule has 0 bridgehead atoms. The molecule has 0 spiro atoms. The molecule has 0 radical (unpaired) electrons. The van der Waals surface area contributed by atoms with Crippen molar-refractivity contribution in [2.45, 2.75) is 6.54 Å². The summed E-state index contributed by atoms with van der Waals surface area (Å²) in [6, 6.07) is 7.59. The van der Waals surface area contributed by atoms with Gasteiger partial charge in [-0.2, -0.15) is 0 Å². The van der Waals surface area contributed by atoms with E-state index in [0.717, 1.165) is 11.4 Å². The van der Waals surface area contributed by atoms with Crippen LogP contribution in [0.5, 0.6) is 5.75 Å². The Kier molecular flexibility index (Phi) is 2.64. The zero-order valence-electron chi connectivity index (χ0n) is 8.42. The summed E-state index contributed by atoms with van der Waals surface area (Å²) >= 11 is 0. The van der Waals surface area contributed by atoms with Crippen molar-refractivity contribution in [1.82, 2.24) is 14.8 Å². The molecule has 0 amide bonds. The molecule has 5 nitrogen and oxygen atoms in total. The number of hydrogen-bond acceptors (Lipinski definition) is 4. The number of benzene rings is 1. The van der Waals surface area contributed by atoms with Crippen LogP contribution in [0.1, 0.15) is 5.82 Å². The third-order valence-electron chi connectivity index (χ3n) is 2.04. The van der Waals surface area contributed by atoms with E-state index in [-0.39, 0.29) is 0 Å². The lowest BCUT2D eigenvalue weighted by atomic mass is 10.3. The molecule has 15 heavy (non-hydrogen) atoms. The number of rotatable bonds is 3. The molecule has 1 aromatic carbocycles. The van der Waals surface area contributed by atoms with E-state index in [1.54, 1.807) is 18.1 Å². The Morgan fingerprint density at radius 3 is 3.00 bits per heavy atom. The van der Waals surface area contributed by atoms with Crippen LogP contribution in [0, 0.1) is 0 Å². The van der Waals surface area contributed by atoms with Crippen molar-refractivity contribution in [2.75, 3.05) is 7.11 Å². The van der Waals surface area contributed by atoms with Crippen molar-refractivity contribution in [1.29, 1.82) is 0 Å². The van der Waals surface area contributed by atoms with Crippen LogP contribution in [0.2, 0.25) is 0 Å². The van der Waals surface area contributed by atoms with Gasteiger partial charge in [0.05, 0.1) is 19.3 Å². The molecule has 0 atom stereocenters. The van der Waals surface area contributed by atoms with Gasteiger partial charge in [0.25, 0.3) is 0 Å². The lowest BCUT2D eigenvalue weighted by molar-refractivity contribution is 0.414. The van der Waals surface area contributed by atoms with Crippen LogP contribution >= 0.6 is 0 Å². The first-order chi connectivity index (χ1) is 7.33. The average Bonchev–Trinajstić information content (AvgIpc) is 2.78. The van der Waals surface area contributed by atoms with E-state index in [9.17, 15) is 0 Å². The first-order valence-electron chi connectivity index (χ1n) is 4.58. The first-order valence-corrected chi connectivity index (χ1v) is 4.58. The maximum absolute atomic E-state index is 5.43. The van der Waals surface area contributed by atoms with E-state index in [1.165, 1.54) is 0 Å². The third kappa shape index (κ3) is 1.97. The SMILES string of the molecule is COc1cccc(-n2cnc(CN)n2)c1. The molecule has 2 aromatic rings. The minimum absolute atomic E-state index is 0.344. The van der Waals surface area contributed by atoms with Crippen LogP contribution in [0.25, 0.3) is 5.69 Å². The topological polar surface area (TPSA) is 66.0 Å². The fourth-order valence-corrected chi connectivity index (χ4v) is 1.27. The Morgan fingerprint density at radius 2 is 2.33 bits per heavy atom. The smallest absolute Gasteiger partial charge is 0.164 e. The van der Waals surface area contributed by atoms with Gasteiger partial charge in [-0.25, -0.2) is 9.67 Å². The fourth-order valence-electron chi connectivity index (χ4n) is 1.27. The summed E-state index contributed by atoms with van der Waals surface area (Å²) in [5.41, 5.74) is 6.34. The molecule has 1 aromatic heterocycles. The molecule has 2 rings (SSSR count). The Morgan fingerprint density at radius 1 is 1.47 bits per heavy atom. The number of methoxy groups -OCH3 is 1. The monoisotopic (exact) mass is 204 g/mol. The van der Waals surface area contributed by atoms with Crippen LogP contribution in [0.15, 0.2) is 30.6 Å². The summed E-state index contributed by atoms with van der Waals surface area (Å²) in [5.74, 6) is 1.41. The van der Waals surface area contributed by atoms with Crippen LogP contribution in [0.4, 0.5) is 0 Å². The van der Waals surface area contributed by atoms with Gasteiger partial charge < -0.3 is 10.5 Å². The number of nitrogens with zero attached hydrogens (tertiary/aromatic N) is 3. The van der Waals surface area contributed by atoms with E-state index in [0.29, 0.717) is 12.4 Å². The Balaban J connectivity index is 2.35. The van der Waals surface area contributed by atoms with Crippen LogP contribution in [-0.4, -0.2) is 21.9 Å². The third-order valence-corrected chi connectivity index (χ3v) is 2.04. The molecule has 0 unspecified atom stereocenters. The van der Waals surface area contributed by atoms with Crippen molar-refractivity contribution in [3.05, 3.63) is 36.4 Å². The summed E-state index contributed by atoms with van der Waals surface area (Å²) < 4.78 is 6.79. The van der Waals surface area contributed by atoms with Crippen molar-refractivity contribution in [3.63, 3.8) is 0 Å². The van der Waals surface area contributed by atoms with Crippen molar-refractivity contribution in [3.8, 4) is 11.4 Å². The van der Waals surface area contributed by atoms with Crippen molar-refractivity contribution >= 4 is 0 Å². The molecule has 0 aliphatic rings. The highest BCUT2D eigenvalue weighted by atomic mass is 16.5. The van der Waals surface area contributed by atoms with Crippen LogP contribution in [0.3, 0.4) is 0 Å². The van der Waals surface area contributed by atoms with E-state index in [1.807, 2.05) is 24.3 Å². The number of hydrogen-bond donors (Lipinski definition) is 1. The van der Waals surface area contributed by atoms with Crippen LogP contribution < -0.4 is 10.5 Å². The van der Waals surface area contributed by atoms with E-state index in [4.69, 9.17) is 10.5 Å². The predicted molar refractivity (Wildman–Crippen MR) is 55.8 cm³/mol. The molecule has 0 saturated heterocycles. The minimum atomic E-state index is 0.344. The summed E-state index contributed by atoms with van der Waals surface area (Å²) in [7, 11) is 1.63. The predicted octanol–water partition coefficient (Wildman–Crippen LogP) is 0.735. The zero-order valence-corrected chi connectivity index (χ0v) is 8.42.